The zero-order valence-corrected chi connectivity index (χ0v) is 10.8. The minimum absolute atomic E-state index is 0.177. The van der Waals surface area contributed by atoms with Crippen LogP contribution >= 0.6 is 11.6 Å². The molecular weight excluding hydrogens is 240 g/mol. The summed E-state index contributed by atoms with van der Waals surface area (Å²) < 4.78 is 5.30. The second kappa shape index (κ2) is 7.14. The van der Waals surface area contributed by atoms with Crippen molar-refractivity contribution in [1.29, 1.82) is 0 Å². The van der Waals surface area contributed by atoms with Gasteiger partial charge in [0.2, 0.25) is 0 Å². The number of anilines is 1. The average molecular weight is 257 g/mol. The van der Waals surface area contributed by atoms with Gasteiger partial charge in [-0.3, -0.25) is 0 Å². The van der Waals surface area contributed by atoms with Gasteiger partial charge >= 0.3 is 6.03 Å². The number of urea groups is 1. The van der Waals surface area contributed by atoms with E-state index in [1.807, 2.05) is 13.8 Å². The van der Waals surface area contributed by atoms with Crippen molar-refractivity contribution in [3.8, 4) is 0 Å². The molecule has 17 heavy (non-hydrogen) atoms. The predicted molar refractivity (Wildman–Crippen MR) is 69.6 cm³/mol. The molecule has 1 rings (SSSR count). The molecule has 5 heteroatoms. The van der Waals surface area contributed by atoms with Crippen LogP contribution in [0, 0.1) is 0 Å². The normalized spacial score (nSPS) is 10.4. The predicted octanol–water partition coefficient (Wildman–Crippen LogP) is 2.89. The van der Waals surface area contributed by atoms with Crippen LogP contribution in [-0.2, 0) is 4.74 Å². The summed E-state index contributed by atoms with van der Waals surface area (Å²) in [5, 5.41) is 6.03. The lowest BCUT2D eigenvalue weighted by molar-refractivity contribution is 0.0820. The van der Waals surface area contributed by atoms with Crippen molar-refractivity contribution in [2.45, 2.75) is 20.0 Å². The molecular formula is C12H17ClN2O2. The zero-order valence-electron chi connectivity index (χ0n) is 10.00. The van der Waals surface area contributed by atoms with Crippen LogP contribution in [0.4, 0.5) is 10.5 Å². The smallest absolute Gasteiger partial charge is 0.319 e. The number of carbonyl (C=O) groups excluding carboxylic acids is 1. The summed E-state index contributed by atoms with van der Waals surface area (Å²) in [6.45, 7) is 4.89. The molecule has 2 amide bonds. The summed E-state index contributed by atoms with van der Waals surface area (Å²) in [6, 6.07) is 6.68. The van der Waals surface area contributed by atoms with E-state index in [1.54, 1.807) is 24.3 Å². The molecule has 0 aliphatic heterocycles. The summed E-state index contributed by atoms with van der Waals surface area (Å²) in [7, 11) is 0. The summed E-state index contributed by atoms with van der Waals surface area (Å²) in [4.78, 5) is 11.4. The third-order valence-corrected chi connectivity index (χ3v) is 2.19. The molecule has 1 aromatic rings. The van der Waals surface area contributed by atoms with E-state index in [0.717, 1.165) is 0 Å². The largest absolute Gasteiger partial charge is 0.377 e. The third kappa shape index (κ3) is 6.14. The fourth-order valence-corrected chi connectivity index (χ4v) is 1.29. The van der Waals surface area contributed by atoms with Gasteiger partial charge < -0.3 is 15.4 Å². The van der Waals surface area contributed by atoms with E-state index in [-0.39, 0.29) is 12.1 Å². The molecule has 0 spiro atoms. The third-order valence-electron chi connectivity index (χ3n) is 1.94. The van der Waals surface area contributed by atoms with Crippen molar-refractivity contribution in [3.63, 3.8) is 0 Å². The molecule has 0 heterocycles. The number of amides is 2. The van der Waals surface area contributed by atoms with Crippen molar-refractivity contribution in [2.75, 3.05) is 18.5 Å². The van der Waals surface area contributed by atoms with E-state index >= 15 is 0 Å². The SMILES string of the molecule is CC(C)OCCNC(=O)Nc1ccc(Cl)cc1. The summed E-state index contributed by atoms with van der Waals surface area (Å²) >= 11 is 5.74. The maximum atomic E-state index is 11.4. The quantitative estimate of drug-likeness (QED) is 0.796. The highest BCUT2D eigenvalue weighted by molar-refractivity contribution is 6.30. The number of hydrogen-bond acceptors (Lipinski definition) is 2. The Bertz CT molecular complexity index is 352. The molecule has 0 atom stereocenters. The molecule has 0 aliphatic carbocycles. The van der Waals surface area contributed by atoms with Crippen LogP contribution in [0.3, 0.4) is 0 Å². The Balaban J connectivity index is 2.23. The standard InChI is InChI=1S/C12H17ClN2O2/c1-9(2)17-8-7-14-12(16)15-11-5-3-10(13)4-6-11/h3-6,9H,7-8H2,1-2H3,(H2,14,15,16). The second-order valence-electron chi connectivity index (χ2n) is 3.81. The maximum Gasteiger partial charge on any atom is 0.319 e. The Labute approximate surface area is 106 Å². The van der Waals surface area contributed by atoms with Gasteiger partial charge in [-0.2, -0.15) is 0 Å². The van der Waals surface area contributed by atoms with Crippen LogP contribution in [0.5, 0.6) is 0 Å². The molecule has 94 valence electrons. The molecule has 1 aromatic carbocycles. The minimum Gasteiger partial charge on any atom is -0.377 e. The van der Waals surface area contributed by atoms with Gasteiger partial charge in [0.05, 0.1) is 12.7 Å². The van der Waals surface area contributed by atoms with Gasteiger partial charge in [0.25, 0.3) is 0 Å². The molecule has 0 fully saturated rings. The van der Waals surface area contributed by atoms with Gasteiger partial charge in [0.1, 0.15) is 0 Å². The van der Waals surface area contributed by atoms with Gasteiger partial charge in [-0.05, 0) is 38.1 Å². The lowest BCUT2D eigenvalue weighted by Gasteiger charge is -2.09. The highest BCUT2D eigenvalue weighted by Gasteiger charge is 2.01. The van der Waals surface area contributed by atoms with Crippen molar-refractivity contribution in [3.05, 3.63) is 29.3 Å². The van der Waals surface area contributed by atoms with E-state index in [0.29, 0.717) is 23.9 Å². The van der Waals surface area contributed by atoms with Crippen molar-refractivity contribution >= 4 is 23.3 Å². The molecule has 0 radical (unpaired) electrons. The number of halogens is 1. The number of nitrogens with one attached hydrogen (secondary N) is 2. The Hall–Kier alpha value is -1.26. The minimum atomic E-state index is -0.250. The second-order valence-corrected chi connectivity index (χ2v) is 4.24. The average Bonchev–Trinajstić information content (AvgIpc) is 2.27. The summed E-state index contributed by atoms with van der Waals surface area (Å²) in [6.07, 6.45) is 0.177. The van der Waals surface area contributed by atoms with Gasteiger partial charge in [-0.1, -0.05) is 11.6 Å². The molecule has 4 nitrogen and oxygen atoms in total. The van der Waals surface area contributed by atoms with Crippen LogP contribution in [0.2, 0.25) is 5.02 Å². The number of ether oxygens (including phenoxy) is 1. The van der Waals surface area contributed by atoms with E-state index in [9.17, 15) is 4.79 Å². The zero-order chi connectivity index (χ0) is 12.7. The molecule has 2 N–H and O–H groups in total. The number of benzene rings is 1. The highest BCUT2D eigenvalue weighted by Crippen LogP contribution is 2.12. The van der Waals surface area contributed by atoms with Crippen LogP contribution in [0.25, 0.3) is 0 Å². The van der Waals surface area contributed by atoms with Gasteiger partial charge in [-0.15, -0.1) is 0 Å². The monoisotopic (exact) mass is 256 g/mol. The van der Waals surface area contributed by atoms with Gasteiger partial charge in [0, 0.05) is 17.3 Å². The van der Waals surface area contributed by atoms with Crippen LogP contribution in [0.1, 0.15) is 13.8 Å². The van der Waals surface area contributed by atoms with E-state index < -0.39 is 0 Å². The number of carbonyl (C=O) groups is 1. The van der Waals surface area contributed by atoms with Crippen LogP contribution in [-0.4, -0.2) is 25.3 Å². The molecule has 0 saturated heterocycles. The first-order chi connectivity index (χ1) is 8.08. The molecule has 0 bridgehead atoms. The van der Waals surface area contributed by atoms with Crippen LogP contribution < -0.4 is 10.6 Å². The Morgan fingerprint density at radius 1 is 1.35 bits per heavy atom. The molecule has 0 unspecified atom stereocenters. The van der Waals surface area contributed by atoms with E-state index in [1.165, 1.54) is 0 Å². The van der Waals surface area contributed by atoms with Crippen molar-refractivity contribution < 1.29 is 9.53 Å². The van der Waals surface area contributed by atoms with Crippen molar-refractivity contribution in [2.24, 2.45) is 0 Å². The highest BCUT2D eigenvalue weighted by atomic mass is 35.5. The lowest BCUT2D eigenvalue weighted by Crippen LogP contribution is -2.32. The molecule has 0 aliphatic rings. The summed E-state index contributed by atoms with van der Waals surface area (Å²) in [5.74, 6) is 0. The van der Waals surface area contributed by atoms with E-state index in [4.69, 9.17) is 16.3 Å². The maximum absolute atomic E-state index is 11.4. The Kier molecular flexibility index (Phi) is 5.80. The van der Waals surface area contributed by atoms with Crippen LogP contribution in [0.15, 0.2) is 24.3 Å². The fourth-order valence-electron chi connectivity index (χ4n) is 1.17. The van der Waals surface area contributed by atoms with Gasteiger partial charge in [-0.25, -0.2) is 4.79 Å². The Morgan fingerprint density at radius 2 is 2.00 bits per heavy atom. The topological polar surface area (TPSA) is 50.4 Å². The first-order valence-electron chi connectivity index (χ1n) is 5.50. The molecule has 0 saturated carbocycles. The van der Waals surface area contributed by atoms with E-state index in [2.05, 4.69) is 10.6 Å². The number of rotatable bonds is 5. The Morgan fingerprint density at radius 3 is 2.59 bits per heavy atom. The summed E-state index contributed by atoms with van der Waals surface area (Å²) in [5.41, 5.74) is 0.705. The lowest BCUT2D eigenvalue weighted by atomic mass is 10.3. The van der Waals surface area contributed by atoms with Gasteiger partial charge in [0.15, 0.2) is 0 Å². The fraction of sp³-hybridized carbons (Fsp3) is 0.417. The first-order valence-corrected chi connectivity index (χ1v) is 5.88. The molecule has 0 aromatic heterocycles. The first kappa shape index (κ1) is 13.8. The number of hydrogen-bond donors (Lipinski definition) is 2. The van der Waals surface area contributed by atoms with Crippen molar-refractivity contribution in [1.82, 2.24) is 5.32 Å².